The third-order valence-corrected chi connectivity index (χ3v) is 4.95. The van der Waals surface area contributed by atoms with Crippen LogP contribution in [0.25, 0.3) is 4.96 Å². The van der Waals surface area contributed by atoms with Crippen molar-refractivity contribution in [2.24, 2.45) is 0 Å². The van der Waals surface area contributed by atoms with Crippen molar-refractivity contribution in [2.75, 3.05) is 7.11 Å². The largest absolute Gasteiger partial charge is 0.497 e. The predicted octanol–water partition coefficient (Wildman–Crippen LogP) is 3.56. The maximum absolute atomic E-state index is 5.78. The van der Waals surface area contributed by atoms with Crippen LogP contribution in [0.1, 0.15) is 16.4 Å². The van der Waals surface area contributed by atoms with Gasteiger partial charge in [-0.1, -0.05) is 41.7 Å². The van der Waals surface area contributed by atoms with Crippen LogP contribution in [0.5, 0.6) is 11.5 Å². The van der Waals surface area contributed by atoms with Crippen LogP contribution in [0.4, 0.5) is 0 Å². The molecule has 0 spiro atoms. The average molecular weight is 366 g/mol. The number of rotatable bonds is 7. The first kappa shape index (κ1) is 16.5. The fourth-order valence-electron chi connectivity index (χ4n) is 2.60. The van der Waals surface area contributed by atoms with Gasteiger partial charge in [-0.15, -0.1) is 10.2 Å². The number of fused-ring (bicyclic) bond motifs is 1. The van der Waals surface area contributed by atoms with E-state index in [0.717, 1.165) is 34.3 Å². The Morgan fingerprint density at radius 3 is 2.46 bits per heavy atom. The fraction of sp³-hybridized carbons (Fsp3) is 0.211. The minimum atomic E-state index is 0.315. The molecule has 0 fully saturated rings. The summed E-state index contributed by atoms with van der Waals surface area (Å²) in [6.45, 7) is 0.315. The molecule has 0 saturated heterocycles. The summed E-state index contributed by atoms with van der Waals surface area (Å²) in [5.74, 6) is 2.24. The Labute approximate surface area is 155 Å². The molecular formula is C19H18N4O2S. The molecule has 0 unspecified atom stereocenters. The zero-order valence-electron chi connectivity index (χ0n) is 14.3. The first-order valence-electron chi connectivity index (χ1n) is 8.32. The number of nitrogens with zero attached hydrogens (tertiary/aromatic N) is 4. The summed E-state index contributed by atoms with van der Waals surface area (Å²) in [6, 6.07) is 17.9. The summed E-state index contributed by atoms with van der Waals surface area (Å²) < 4.78 is 12.7. The summed E-state index contributed by atoms with van der Waals surface area (Å²) in [4.78, 5) is 0.793. The maximum atomic E-state index is 5.78. The number of aryl methyl sites for hydroxylation is 2. The molecule has 2 heterocycles. The zero-order chi connectivity index (χ0) is 17.8. The number of benzene rings is 2. The molecule has 0 amide bonds. The highest BCUT2D eigenvalue weighted by atomic mass is 32.1. The second kappa shape index (κ2) is 7.53. The molecule has 4 rings (SSSR count). The van der Waals surface area contributed by atoms with Crippen molar-refractivity contribution in [2.45, 2.75) is 19.4 Å². The predicted molar refractivity (Wildman–Crippen MR) is 99.8 cm³/mol. The quantitative estimate of drug-likeness (QED) is 0.500. The summed E-state index contributed by atoms with van der Waals surface area (Å²) in [5.41, 5.74) is 1.31. The van der Waals surface area contributed by atoms with Crippen molar-refractivity contribution in [3.8, 4) is 11.5 Å². The fourth-order valence-corrected chi connectivity index (χ4v) is 3.46. The van der Waals surface area contributed by atoms with Crippen molar-refractivity contribution in [1.82, 2.24) is 19.8 Å². The SMILES string of the molecule is COc1ccc(OCc2nnc3sc(CCc4ccccc4)nn23)cc1. The molecule has 7 heteroatoms. The van der Waals surface area contributed by atoms with E-state index < -0.39 is 0 Å². The standard InChI is InChI=1S/C19H18N4O2S/c1-24-15-8-10-16(11-9-15)25-13-17-20-21-19-23(17)22-18(26-19)12-7-14-5-3-2-4-6-14/h2-6,8-11H,7,12-13H2,1H3. The summed E-state index contributed by atoms with van der Waals surface area (Å²) in [6.07, 6.45) is 1.85. The van der Waals surface area contributed by atoms with Crippen molar-refractivity contribution >= 4 is 16.3 Å². The third kappa shape index (κ3) is 3.67. The molecule has 0 saturated carbocycles. The van der Waals surface area contributed by atoms with E-state index in [9.17, 15) is 0 Å². The summed E-state index contributed by atoms with van der Waals surface area (Å²) >= 11 is 1.57. The van der Waals surface area contributed by atoms with E-state index in [1.807, 2.05) is 30.3 Å². The molecule has 0 radical (unpaired) electrons. The topological polar surface area (TPSA) is 61.5 Å². The normalized spacial score (nSPS) is 11.0. The number of ether oxygens (including phenoxy) is 2. The molecule has 2 aromatic heterocycles. The van der Waals surface area contributed by atoms with Gasteiger partial charge in [0.05, 0.1) is 7.11 Å². The van der Waals surface area contributed by atoms with E-state index >= 15 is 0 Å². The Kier molecular flexibility index (Phi) is 4.79. The molecule has 0 N–H and O–H groups in total. The number of hydrogen-bond acceptors (Lipinski definition) is 6. The Balaban J connectivity index is 1.42. The van der Waals surface area contributed by atoms with E-state index in [1.165, 1.54) is 5.56 Å². The summed E-state index contributed by atoms with van der Waals surface area (Å²) in [7, 11) is 1.64. The lowest BCUT2D eigenvalue weighted by atomic mass is 10.1. The van der Waals surface area contributed by atoms with Gasteiger partial charge in [0.25, 0.3) is 0 Å². The first-order chi connectivity index (χ1) is 12.8. The molecule has 0 aliphatic carbocycles. The van der Waals surface area contributed by atoms with Crippen LogP contribution < -0.4 is 9.47 Å². The second-order valence-electron chi connectivity index (χ2n) is 5.76. The van der Waals surface area contributed by atoms with Crippen molar-refractivity contribution < 1.29 is 9.47 Å². The smallest absolute Gasteiger partial charge is 0.234 e. The molecule has 2 aromatic carbocycles. The molecular weight excluding hydrogens is 348 g/mol. The van der Waals surface area contributed by atoms with Crippen LogP contribution in [0.2, 0.25) is 0 Å². The molecule has 132 valence electrons. The van der Waals surface area contributed by atoms with Gasteiger partial charge in [0, 0.05) is 6.42 Å². The van der Waals surface area contributed by atoms with Gasteiger partial charge in [-0.05, 0) is 36.2 Å². The monoisotopic (exact) mass is 366 g/mol. The van der Waals surface area contributed by atoms with Gasteiger partial charge in [-0.2, -0.15) is 9.61 Å². The van der Waals surface area contributed by atoms with E-state index in [4.69, 9.17) is 9.47 Å². The van der Waals surface area contributed by atoms with E-state index in [1.54, 1.807) is 23.0 Å². The Bertz CT molecular complexity index is 980. The Morgan fingerprint density at radius 1 is 0.923 bits per heavy atom. The third-order valence-electron chi connectivity index (χ3n) is 4.00. The van der Waals surface area contributed by atoms with Crippen LogP contribution in [0, 0.1) is 0 Å². The minimum absolute atomic E-state index is 0.315. The highest BCUT2D eigenvalue weighted by Gasteiger charge is 2.12. The van der Waals surface area contributed by atoms with Gasteiger partial charge >= 0.3 is 0 Å². The first-order valence-corrected chi connectivity index (χ1v) is 9.14. The molecule has 4 aromatic rings. The molecule has 26 heavy (non-hydrogen) atoms. The summed E-state index contributed by atoms with van der Waals surface area (Å²) in [5, 5.41) is 14.1. The van der Waals surface area contributed by atoms with Crippen LogP contribution in [0.15, 0.2) is 54.6 Å². The van der Waals surface area contributed by atoms with Gasteiger partial charge in [0.2, 0.25) is 4.96 Å². The number of methoxy groups -OCH3 is 1. The van der Waals surface area contributed by atoms with Crippen molar-refractivity contribution in [1.29, 1.82) is 0 Å². The van der Waals surface area contributed by atoms with Gasteiger partial charge in [0.15, 0.2) is 5.82 Å². The van der Waals surface area contributed by atoms with Crippen LogP contribution in [0.3, 0.4) is 0 Å². The van der Waals surface area contributed by atoms with Gasteiger partial charge < -0.3 is 9.47 Å². The van der Waals surface area contributed by atoms with E-state index in [2.05, 4.69) is 39.6 Å². The lowest BCUT2D eigenvalue weighted by molar-refractivity contribution is 0.292. The van der Waals surface area contributed by atoms with Crippen LogP contribution in [-0.2, 0) is 19.4 Å². The average Bonchev–Trinajstić information content (AvgIpc) is 3.26. The zero-order valence-corrected chi connectivity index (χ0v) is 15.1. The highest BCUT2D eigenvalue weighted by molar-refractivity contribution is 7.16. The molecule has 0 aliphatic rings. The number of aromatic nitrogens is 4. The molecule has 6 nitrogen and oxygen atoms in total. The number of hydrogen-bond donors (Lipinski definition) is 0. The van der Waals surface area contributed by atoms with Gasteiger partial charge in [-0.25, -0.2) is 0 Å². The minimum Gasteiger partial charge on any atom is -0.497 e. The maximum Gasteiger partial charge on any atom is 0.234 e. The Morgan fingerprint density at radius 2 is 1.69 bits per heavy atom. The molecule has 0 bridgehead atoms. The van der Waals surface area contributed by atoms with Crippen LogP contribution in [-0.4, -0.2) is 26.9 Å². The molecule has 0 atom stereocenters. The van der Waals surface area contributed by atoms with Gasteiger partial charge in [-0.3, -0.25) is 0 Å². The van der Waals surface area contributed by atoms with Crippen molar-refractivity contribution in [3.05, 3.63) is 71.0 Å². The second-order valence-corrected chi connectivity index (χ2v) is 6.80. The lowest BCUT2D eigenvalue weighted by Crippen LogP contribution is -2.03. The lowest BCUT2D eigenvalue weighted by Gasteiger charge is -2.05. The van der Waals surface area contributed by atoms with Crippen LogP contribution >= 0.6 is 11.3 Å². The van der Waals surface area contributed by atoms with Gasteiger partial charge in [0.1, 0.15) is 23.1 Å². The van der Waals surface area contributed by atoms with E-state index in [0.29, 0.717) is 12.4 Å². The molecule has 0 aliphatic heterocycles. The van der Waals surface area contributed by atoms with E-state index in [-0.39, 0.29) is 0 Å². The highest BCUT2D eigenvalue weighted by Crippen LogP contribution is 2.20. The van der Waals surface area contributed by atoms with Crippen molar-refractivity contribution in [3.63, 3.8) is 0 Å². The Hall–Kier alpha value is -2.93.